The molecule has 0 saturated carbocycles. The van der Waals surface area contributed by atoms with Crippen LogP contribution < -0.4 is 10.6 Å². The third-order valence-corrected chi connectivity index (χ3v) is 6.41. The van der Waals surface area contributed by atoms with Gasteiger partial charge in [-0.05, 0) is 30.5 Å². The van der Waals surface area contributed by atoms with Crippen molar-refractivity contribution in [2.24, 2.45) is 11.7 Å². The van der Waals surface area contributed by atoms with Gasteiger partial charge in [-0.15, -0.1) is 11.3 Å². The summed E-state index contributed by atoms with van der Waals surface area (Å²) < 4.78 is 0. The molecule has 0 bridgehead atoms. The van der Waals surface area contributed by atoms with Gasteiger partial charge in [0, 0.05) is 42.0 Å². The molecular formula is C23H21N5OS. The number of nitrogens with two attached hydrogens (primary N) is 1. The van der Waals surface area contributed by atoms with E-state index in [4.69, 9.17) is 15.7 Å². The SMILES string of the molecule is NC(=O)[C@H]1CCCN(c2nc(-c3cccnc3)nc3scc(-c4ccccc4)c23)C1. The van der Waals surface area contributed by atoms with E-state index in [1.807, 2.05) is 30.3 Å². The number of nitrogens with zero attached hydrogens (tertiary/aromatic N) is 4. The van der Waals surface area contributed by atoms with Crippen molar-refractivity contribution in [2.45, 2.75) is 12.8 Å². The zero-order chi connectivity index (χ0) is 20.5. The van der Waals surface area contributed by atoms with Gasteiger partial charge < -0.3 is 10.6 Å². The molecule has 0 aliphatic carbocycles. The van der Waals surface area contributed by atoms with Crippen molar-refractivity contribution in [1.29, 1.82) is 0 Å². The summed E-state index contributed by atoms with van der Waals surface area (Å²) in [6, 6.07) is 14.1. The van der Waals surface area contributed by atoms with Gasteiger partial charge in [-0.3, -0.25) is 9.78 Å². The lowest BCUT2D eigenvalue weighted by molar-refractivity contribution is -0.122. The monoisotopic (exact) mass is 415 g/mol. The van der Waals surface area contributed by atoms with Crippen LogP contribution in [0.1, 0.15) is 12.8 Å². The summed E-state index contributed by atoms with van der Waals surface area (Å²) in [5.74, 6) is 1.11. The van der Waals surface area contributed by atoms with Gasteiger partial charge in [-0.25, -0.2) is 9.97 Å². The van der Waals surface area contributed by atoms with Crippen LogP contribution in [0.3, 0.4) is 0 Å². The van der Waals surface area contributed by atoms with Crippen molar-refractivity contribution < 1.29 is 4.79 Å². The van der Waals surface area contributed by atoms with Gasteiger partial charge in [0.15, 0.2) is 5.82 Å². The Hall–Kier alpha value is -3.32. The number of aromatic nitrogens is 3. The number of benzene rings is 1. The fraction of sp³-hybridized carbons (Fsp3) is 0.217. The molecule has 4 aromatic rings. The van der Waals surface area contributed by atoms with Crippen molar-refractivity contribution in [3.63, 3.8) is 0 Å². The van der Waals surface area contributed by atoms with Crippen molar-refractivity contribution in [2.75, 3.05) is 18.0 Å². The molecule has 150 valence electrons. The molecule has 2 N–H and O–H groups in total. The molecule has 1 saturated heterocycles. The second kappa shape index (κ2) is 7.84. The standard InChI is InChI=1S/C23H21N5OS/c24-20(29)17-9-5-11-28(13-17)22-19-18(15-6-2-1-3-7-15)14-30-23(19)27-21(26-22)16-8-4-10-25-12-16/h1-4,6-8,10,12,14,17H,5,9,11,13H2,(H2,24,29)/t17-/m0/s1. The van der Waals surface area contributed by atoms with Crippen LogP contribution in [-0.4, -0.2) is 33.9 Å². The highest BCUT2D eigenvalue weighted by Gasteiger charge is 2.28. The van der Waals surface area contributed by atoms with Crippen LogP contribution >= 0.6 is 11.3 Å². The van der Waals surface area contributed by atoms with E-state index in [9.17, 15) is 4.79 Å². The summed E-state index contributed by atoms with van der Waals surface area (Å²) in [6.07, 6.45) is 5.25. The number of carbonyl (C=O) groups is 1. The number of hydrogen-bond donors (Lipinski definition) is 1. The molecule has 30 heavy (non-hydrogen) atoms. The Morgan fingerprint density at radius 1 is 1.10 bits per heavy atom. The second-order valence-corrected chi connectivity index (χ2v) is 8.35. The van der Waals surface area contributed by atoms with Gasteiger partial charge in [-0.1, -0.05) is 30.3 Å². The Morgan fingerprint density at radius 2 is 1.93 bits per heavy atom. The highest BCUT2D eigenvalue weighted by molar-refractivity contribution is 7.17. The van der Waals surface area contributed by atoms with Gasteiger partial charge in [0.25, 0.3) is 0 Å². The Labute approximate surface area is 178 Å². The molecule has 1 amide bonds. The van der Waals surface area contributed by atoms with E-state index >= 15 is 0 Å². The maximum Gasteiger partial charge on any atom is 0.222 e. The minimum atomic E-state index is -0.244. The molecule has 1 aromatic carbocycles. The molecule has 0 spiro atoms. The molecule has 3 aromatic heterocycles. The number of thiophene rings is 1. The highest BCUT2D eigenvalue weighted by Crippen LogP contribution is 2.40. The summed E-state index contributed by atoms with van der Waals surface area (Å²) >= 11 is 1.61. The Kier molecular flexibility index (Phi) is 4.88. The summed E-state index contributed by atoms with van der Waals surface area (Å²) in [5.41, 5.74) is 8.76. The topological polar surface area (TPSA) is 85.0 Å². The molecule has 1 aliphatic heterocycles. The number of primary amides is 1. The van der Waals surface area contributed by atoms with E-state index in [2.05, 4.69) is 27.4 Å². The molecule has 7 heteroatoms. The number of hydrogen-bond acceptors (Lipinski definition) is 6. The Balaban J connectivity index is 1.70. The maximum atomic E-state index is 11.9. The molecule has 1 atom stereocenters. The normalized spacial score (nSPS) is 16.7. The third kappa shape index (κ3) is 3.41. The first-order chi connectivity index (χ1) is 14.7. The lowest BCUT2D eigenvalue weighted by Crippen LogP contribution is -2.41. The van der Waals surface area contributed by atoms with Crippen molar-refractivity contribution >= 4 is 33.3 Å². The maximum absolute atomic E-state index is 11.9. The van der Waals surface area contributed by atoms with Crippen LogP contribution in [0.25, 0.3) is 32.7 Å². The van der Waals surface area contributed by atoms with Crippen LogP contribution in [-0.2, 0) is 4.79 Å². The molecule has 6 nitrogen and oxygen atoms in total. The number of rotatable bonds is 4. The van der Waals surface area contributed by atoms with Gasteiger partial charge in [-0.2, -0.15) is 0 Å². The molecule has 1 fully saturated rings. The van der Waals surface area contributed by atoms with Crippen LogP contribution in [0.5, 0.6) is 0 Å². The average molecular weight is 416 g/mol. The van der Waals surface area contributed by atoms with Crippen LogP contribution in [0.4, 0.5) is 5.82 Å². The van der Waals surface area contributed by atoms with Crippen LogP contribution in [0.2, 0.25) is 0 Å². The zero-order valence-corrected chi connectivity index (χ0v) is 17.2. The fourth-order valence-electron chi connectivity index (χ4n) is 4.01. The number of piperidine rings is 1. The first kappa shape index (κ1) is 18.7. The predicted molar refractivity (Wildman–Crippen MR) is 120 cm³/mol. The largest absolute Gasteiger partial charge is 0.369 e. The molecule has 0 radical (unpaired) electrons. The lowest BCUT2D eigenvalue weighted by Gasteiger charge is -2.32. The summed E-state index contributed by atoms with van der Waals surface area (Å²) in [4.78, 5) is 29.1. The number of carbonyl (C=O) groups excluding carboxylic acids is 1. The number of amides is 1. The molecular weight excluding hydrogens is 394 g/mol. The third-order valence-electron chi connectivity index (χ3n) is 5.54. The van der Waals surface area contributed by atoms with Crippen LogP contribution in [0.15, 0.2) is 60.2 Å². The zero-order valence-electron chi connectivity index (χ0n) is 16.4. The minimum Gasteiger partial charge on any atom is -0.369 e. The van der Waals surface area contributed by atoms with E-state index in [1.165, 1.54) is 0 Å². The van der Waals surface area contributed by atoms with E-state index in [0.29, 0.717) is 12.4 Å². The van der Waals surface area contributed by atoms with E-state index in [1.54, 1.807) is 23.7 Å². The smallest absolute Gasteiger partial charge is 0.222 e. The van der Waals surface area contributed by atoms with E-state index in [-0.39, 0.29) is 11.8 Å². The van der Waals surface area contributed by atoms with E-state index in [0.717, 1.165) is 52.1 Å². The quantitative estimate of drug-likeness (QED) is 0.542. The average Bonchev–Trinajstić information content (AvgIpc) is 3.24. The highest BCUT2D eigenvalue weighted by atomic mass is 32.1. The summed E-state index contributed by atoms with van der Waals surface area (Å²) in [5, 5.41) is 3.17. The predicted octanol–water partition coefficient (Wildman–Crippen LogP) is 4.12. The fourth-order valence-corrected chi connectivity index (χ4v) is 4.95. The summed E-state index contributed by atoms with van der Waals surface area (Å²) in [7, 11) is 0. The first-order valence-electron chi connectivity index (χ1n) is 10.00. The number of fused-ring (bicyclic) bond motifs is 1. The molecule has 4 heterocycles. The van der Waals surface area contributed by atoms with Gasteiger partial charge in [0.1, 0.15) is 10.6 Å². The Morgan fingerprint density at radius 3 is 2.70 bits per heavy atom. The van der Waals surface area contributed by atoms with Crippen molar-refractivity contribution in [3.8, 4) is 22.5 Å². The number of pyridine rings is 1. The minimum absolute atomic E-state index is 0.163. The number of anilines is 1. The van der Waals surface area contributed by atoms with Gasteiger partial charge >= 0.3 is 0 Å². The second-order valence-electron chi connectivity index (χ2n) is 7.50. The first-order valence-corrected chi connectivity index (χ1v) is 10.9. The van der Waals surface area contributed by atoms with Gasteiger partial charge in [0.2, 0.25) is 5.91 Å². The Bertz CT molecular complexity index is 1190. The van der Waals surface area contributed by atoms with Crippen molar-refractivity contribution in [3.05, 3.63) is 60.2 Å². The lowest BCUT2D eigenvalue weighted by atomic mass is 9.97. The molecule has 0 unspecified atom stereocenters. The molecule has 5 rings (SSSR count). The molecule has 1 aliphatic rings. The van der Waals surface area contributed by atoms with E-state index < -0.39 is 0 Å². The van der Waals surface area contributed by atoms with Crippen molar-refractivity contribution in [1.82, 2.24) is 15.0 Å². The van der Waals surface area contributed by atoms with Gasteiger partial charge in [0.05, 0.1) is 11.3 Å². The summed E-state index contributed by atoms with van der Waals surface area (Å²) in [6.45, 7) is 1.42. The van der Waals surface area contributed by atoms with Crippen LogP contribution in [0, 0.1) is 5.92 Å².